The third-order valence-electron chi connectivity index (χ3n) is 3.99. The van der Waals surface area contributed by atoms with E-state index in [1.54, 1.807) is 0 Å². The summed E-state index contributed by atoms with van der Waals surface area (Å²) in [6, 6.07) is 7.86. The van der Waals surface area contributed by atoms with Gasteiger partial charge in [0, 0.05) is 6.04 Å². The average molecular weight is 245 g/mol. The maximum Gasteiger partial charge on any atom is 0.174 e. The van der Waals surface area contributed by atoms with Crippen LogP contribution in [0.4, 0.5) is 0 Å². The molecule has 3 rings (SSSR count). The normalized spacial score (nSPS) is 28.1. The molecule has 1 fully saturated rings. The van der Waals surface area contributed by atoms with Crippen LogP contribution in [-0.2, 0) is 0 Å². The van der Waals surface area contributed by atoms with Crippen LogP contribution in [0.2, 0.25) is 0 Å². The SMILES string of the molecule is O=C1c2ccccc2OCC1C1CCCCCN1. The van der Waals surface area contributed by atoms with Crippen molar-refractivity contribution in [1.29, 1.82) is 0 Å². The monoisotopic (exact) mass is 245 g/mol. The van der Waals surface area contributed by atoms with Gasteiger partial charge in [0.15, 0.2) is 5.78 Å². The lowest BCUT2D eigenvalue weighted by atomic mass is 9.87. The summed E-state index contributed by atoms with van der Waals surface area (Å²) >= 11 is 0. The first-order chi connectivity index (χ1) is 8.86. The number of carbonyl (C=O) groups excluding carboxylic acids is 1. The second kappa shape index (κ2) is 5.11. The number of hydrogen-bond donors (Lipinski definition) is 1. The van der Waals surface area contributed by atoms with Crippen LogP contribution in [-0.4, -0.2) is 25.0 Å². The van der Waals surface area contributed by atoms with Gasteiger partial charge in [0.2, 0.25) is 0 Å². The third kappa shape index (κ3) is 2.15. The second-order valence-electron chi connectivity index (χ2n) is 5.19. The molecule has 0 amide bonds. The lowest BCUT2D eigenvalue weighted by molar-refractivity contribution is 0.0777. The van der Waals surface area contributed by atoms with Crippen molar-refractivity contribution >= 4 is 5.78 Å². The molecule has 0 aromatic heterocycles. The Bertz CT molecular complexity index is 436. The van der Waals surface area contributed by atoms with Gasteiger partial charge in [-0.15, -0.1) is 0 Å². The van der Waals surface area contributed by atoms with Crippen LogP contribution in [0, 0.1) is 5.92 Å². The molecule has 0 bridgehead atoms. The highest BCUT2D eigenvalue weighted by Gasteiger charge is 2.34. The second-order valence-corrected chi connectivity index (χ2v) is 5.19. The van der Waals surface area contributed by atoms with Crippen LogP contribution in [0.3, 0.4) is 0 Å². The fraction of sp³-hybridized carbons (Fsp3) is 0.533. The van der Waals surface area contributed by atoms with Gasteiger partial charge in [0.25, 0.3) is 0 Å². The van der Waals surface area contributed by atoms with Gasteiger partial charge in [0.1, 0.15) is 5.75 Å². The molecule has 0 spiro atoms. The van der Waals surface area contributed by atoms with E-state index in [1.807, 2.05) is 24.3 Å². The van der Waals surface area contributed by atoms with E-state index < -0.39 is 0 Å². The maximum atomic E-state index is 12.5. The van der Waals surface area contributed by atoms with Crippen molar-refractivity contribution in [3.63, 3.8) is 0 Å². The van der Waals surface area contributed by atoms with Crippen molar-refractivity contribution in [2.75, 3.05) is 13.2 Å². The van der Waals surface area contributed by atoms with Gasteiger partial charge in [-0.3, -0.25) is 4.79 Å². The number of rotatable bonds is 1. The van der Waals surface area contributed by atoms with Crippen LogP contribution in [0.15, 0.2) is 24.3 Å². The maximum absolute atomic E-state index is 12.5. The molecule has 1 N–H and O–H groups in total. The van der Waals surface area contributed by atoms with Crippen molar-refractivity contribution in [1.82, 2.24) is 5.32 Å². The summed E-state index contributed by atoms with van der Waals surface area (Å²) in [4.78, 5) is 12.5. The molecule has 0 saturated carbocycles. The van der Waals surface area contributed by atoms with E-state index in [9.17, 15) is 4.79 Å². The molecule has 2 heterocycles. The Labute approximate surface area is 108 Å². The van der Waals surface area contributed by atoms with Gasteiger partial charge < -0.3 is 10.1 Å². The number of para-hydroxylation sites is 1. The first-order valence-electron chi connectivity index (χ1n) is 6.86. The molecule has 1 aromatic rings. The van der Waals surface area contributed by atoms with E-state index >= 15 is 0 Å². The van der Waals surface area contributed by atoms with E-state index in [0.717, 1.165) is 24.3 Å². The van der Waals surface area contributed by atoms with Crippen molar-refractivity contribution in [2.24, 2.45) is 5.92 Å². The lowest BCUT2D eigenvalue weighted by Gasteiger charge is -2.30. The molecule has 18 heavy (non-hydrogen) atoms. The van der Waals surface area contributed by atoms with E-state index in [0.29, 0.717) is 6.61 Å². The number of hydrogen-bond acceptors (Lipinski definition) is 3. The summed E-state index contributed by atoms with van der Waals surface area (Å²) in [5.74, 6) is 0.974. The molecule has 2 unspecified atom stereocenters. The molecule has 96 valence electrons. The van der Waals surface area contributed by atoms with Crippen LogP contribution in [0.5, 0.6) is 5.75 Å². The van der Waals surface area contributed by atoms with E-state index in [-0.39, 0.29) is 17.7 Å². The van der Waals surface area contributed by atoms with Gasteiger partial charge in [0.05, 0.1) is 18.1 Å². The summed E-state index contributed by atoms with van der Waals surface area (Å²) in [7, 11) is 0. The molecule has 3 nitrogen and oxygen atoms in total. The van der Waals surface area contributed by atoms with E-state index in [2.05, 4.69) is 5.32 Å². The smallest absolute Gasteiger partial charge is 0.174 e. The standard InChI is InChI=1S/C15H19NO2/c17-15-11-6-3-4-8-14(11)18-10-12(15)13-7-2-1-5-9-16-13/h3-4,6,8,12-13,16H,1-2,5,7,9-10H2. The molecule has 2 aliphatic heterocycles. The average Bonchev–Trinajstić information content (AvgIpc) is 2.68. The largest absolute Gasteiger partial charge is 0.492 e. The van der Waals surface area contributed by atoms with Crippen LogP contribution in [0.25, 0.3) is 0 Å². The van der Waals surface area contributed by atoms with Crippen molar-refractivity contribution in [3.8, 4) is 5.75 Å². The van der Waals surface area contributed by atoms with Gasteiger partial charge >= 0.3 is 0 Å². The Morgan fingerprint density at radius 3 is 3.00 bits per heavy atom. The zero-order valence-corrected chi connectivity index (χ0v) is 10.5. The minimum Gasteiger partial charge on any atom is -0.492 e. The Morgan fingerprint density at radius 1 is 1.17 bits per heavy atom. The van der Waals surface area contributed by atoms with E-state index in [1.165, 1.54) is 19.3 Å². The molecular formula is C15H19NO2. The van der Waals surface area contributed by atoms with Crippen molar-refractivity contribution < 1.29 is 9.53 Å². The number of nitrogens with one attached hydrogen (secondary N) is 1. The zero-order valence-electron chi connectivity index (χ0n) is 10.5. The zero-order chi connectivity index (χ0) is 12.4. The highest BCUT2D eigenvalue weighted by Crippen LogP contribution is 2.30. The van der Waals surface area contributed by atoms with Crippen molar-refractivity contribution in [2.45, 2.75) is 31.7 Å². The molecule has 1 aromatic carbocycles. The lowest BCUT2D eigenvalue weighted by Crippen LogP contribution is -2.44. The number of benzene rings is 1. The summed E-state index contributed by atoms with van der Waals surface area (Å²) < 4.78 is 5.74. The van der Waals surface area contributed by atoms with Gasteiger partial charge in [-0.2, -0.15) is 0 Å². The molecule has 1 saturated heterocycles. The number of fused-ring (bicyclic) bond motifs is 1. The minimum atomic E-state index is -0.0157. The minimum absolute atomic E-state index is 0.0157. The van der Waals surface area contributed by atoms with Crippen molar-refractivity contribution in [3.05, 3.63) is 29.8 Å². The summed E-state index contributed by atoms with van der Waals surface area (Å²) in [5, 5.41) is 3.51. The fourth-order valence-corrected chi connectivity index (χ4v) is 2.95. The highest BCUT2D eigenvalue weighted by molar-refractivity contribution is 6.01. The Morgan fingerprint density at radius 2 is 2.06 bits per heavy atom. The third-order valence-corrected chi connectivity index (χ3v) is 3.99. The number of ether oxygens (including phenoxy) is 1. The van der Waals surface area contributed by atoms with Gasteiger partial charge in [-0.1, -0.05) is 25.0 Å². The summed E-state index contributed by atoms with van der Waals surface area (Å²) in [5.41, 5.74) is 0.750. The molecule has 0 radical (unpaired) electrons. The Balaban J connectivity index is 1.81. The number of carbonyl (C=O) groups is 1. The quantitative estimate of drug-likeness (QED) is 0.825. The molecule has 2 aliphatic rings. The topological polar surface area (TPSA) is 38.3 Å². The molecule has 3 heteroatoms. The van der Waals surface area contributed by atoms with Crippen LogP contribution in [0.1, 0.15) is 36.0 Å². The fourth-order valence-electron chi connectivity index (χ4n) is 2.95. The summed E-state index contributed by atoms with van der Waals surface area (Å²) in [6.07, 6.45) is 4.78. The van der Waals surface area contributed by atoms with Crippen LogP contribution < -0.4 is 10.1 Å². The Hall–Kier alpha value is -1.35. The highest BCUT2D eigenvalue weighted by atomic mass is 16.5. The molecule has 0 aliphatic carbocycles. The van der Waals surface area contributed by atoms with Gasteiger partial charge in [-0.25, -0.2) is 0 Å². The molecule has 2 atom stereocenters. The summed E-state index contributed by atoms with van der Waals surface area (Å²) in [6.45, 7) is 1.55. The van der Waals surface area contributed by atoms with Gasteiger partial charge in [-0.05, 0) is 31.5 Å². The first-order valence-corrected chi connectivity index (χ1v) is 6.86. The predicted molar refractivity (Wildman–Crippen MR) is 70.0 cm³/mol. The predicted octanol–water partition coefficient (Wildman–Crippen LogP) is 2.41. The first kappa shape index (κ1) is 11.7. The van der Waals surface area contributed by atoms with Crippen LogP contribution >= 0.6 is 0 Å². The van der Waals surface area contributed by atoms with E-state index in [4.69, 9.17) is 4.74 Å². The number of ketones is 1. The number of Topliss-reactive ketones (excluding diaryl/α,β-unsaturated/α-hetero) is 1. The Kier molecular flexibility index (Phi) is 3.33. The molecular weight excluding hydrogens is 226 g/mol.